The van der Waals surface area contributed by atoms with Gasteiger partial charge in [0.05, 0.1) is 11.4 Å². The predicted molar refractivity (Wildman–Crippen MR) is 123 cm³/mol. The van der Waals surface area contributed by atoms with E-state index in [-0.39, 0.29) is 17.1 Å². The highest BCUT2D eigenvalue weighted by Gasteiger charge is 2.60. The Bertz CT molecular complexity index is 1350. The van der Waals surface area contributed by atoms with Crippen molar-refractivity contribution < 1.29 is 9.59 Å². The number of rotatable bonds is 1. The summed E-state index contributed by atoms with van der Waals surface area (Å²) in [6.07, 6.45) is 1.09. The number of hydrogen-bond donors (Lipinski definition) is 2. The summed E-state index contributed by atoms with van der Waals surface area (Å²) < 4.78 is 1.86. The summed E-state index contributed by atoms with van der Waals surface area (Å²) in [5.74, 6) is 0.593. The first-order valence-electron chi connectivity index (χ1n) is 10.9. The van der Waals surface area contributed by atoms with Crippen LogP contribution in [0.3, 0.4) is 0 Å². The first kappa shape index (κ1) is 19.0. The van der Waals surface area contributed by atoms with Crippen molar-refractivity contribution in [2.45, 2.75) is 39.0 Å². The van der Waals surface area contributed by atoms with Crippen molar-refractivity contribution in [2.75, 3.05) is 10.6 Å². The molecule has 3 aromatic rings. The van der Waals surface area contributed by atoms with Crippen LogP contribution in [-0.2, 0) is 15.0 Å². The predicted octanol–water partition coefficient (Wildman–Crippen LogP) is 4.49. The van der Waals surface area contributed by atoms with E-state index in [2.05, 4.69) is 24.5 Å². The van der Waals surface area contributed by atoms with Crippen molar-refractivity contribution in [3.05, 3.63) is 82.7 Å². The molecule has 0 bridgehead atoms. The van der Waals surface area contributed by atoms with E-state index in [1.165, 1.54) is 0 Å². The number of allylic oxidation sites excluding steroid dienone is 1. The second kappa shape index (κ2) is 6.19. The fourth-order valence-corrected chi connectivity index (χ4v) is 5.73. The quantitative estimate of drug-likeness (QED) is 0.604. The molecule has 1 aliphatic carbocycles. The van der Waals surface area contributed by atoms with E-state index in [0.29, 0.717) is 18.4 Å². The van der Waals surface area contributed by atoms with Gasteiger partial charge in [0.1, 0.15) is 11.2 Å². The third-order valence-corrected chi connectivity index (χ3v) is 6.88. The van der Waals surface area contributed by atoms with Crippen LogP contribution in [-0.4, -0.2) is 21.5 Å². The summed E-state index contributed by atoms with van der Waals surface area (Å²) in [5.41, 5.74) is 3.97. The number of hydrogen-bond acceptors (Lipinski definition) is 4. The van der Waals surface area contributed by atoms with Crippen molar-refractivity contribution in [1.82, 2.24) is 9.78 Å². The number of anilines is 2. The number of ketones is 1. The number of benzene rings is 2. The van der Waals surface area contributed by atoms with Gasteiger partial charge in [-0.15, -0.1) is 0 Å². The van der Waals surface area contributed by atoms with Crippen LogP contribution in [0.5, 0.6) is 0 Å². The Labute approximate surface area is 186 Å². The number of para-hydroxylation sites is 2. The largest absolute Gasteiger partial charge is 0.343 e. The molecule has 1 atom stereocenters. The third-order valence-electron chi connectivity index (χ3n) is 6.88. The maximum Gasteiger partial charge on any atom is 0.244 e. The molecule has 3 heterocycles. The lowest BCUT2D eigenvalue weighted by Gasteiger charge is -2.42. The van der Waals surface area contributed by atoms with Gasteiger partial charge in [-0.2, -0.15) is 5.10 Å². The summed E-state index contributed by atoms with van der Waals surface area (Å²) in [5, 5.41) is 11.5. The van der Waals surface area contributed by atoms with Crippen LogP contribution >= 0.6 is 0 Å². The highest BCUT2D eigenvalue weighted by molar-refractivity contribution is 6.20. The van der Waals surface area contributed by atoms with E-state index in [1.54, 1.807) is 0 Å². The summed E-state index contributed by atoms with van der Waals surface area (Å²) in [4.78, 5) is 27.5. The number of aromatic nitrogens is 2. The fourth-order valence-electron chi connectivity index (χ4n) is 5.73. The SMILES string of the molecule is Cc1nn(-c2ccccc2)c2c1[C@]1(C(=O)Nc3ccccc31)C1=C(CC(C)(C)CC1=O)N2. The molecular weight excluding hydrogens is 400 g/mol. The molecule has 0 saturated carbocycles. The zero-order valence-electron chi connectivity index (χ0n) is 18.3. The Balaban J connectivity index is 1.73. The van der Waals surface area contributed by atoms with Crippen LogP contribution in [0, 0.1) is 12.3 Å². The molecule has 0 radical (unpaired) electrons. The number of nitrogens with zero attached hydrogens (tertiary/aromatic N) is 2. The molecule has 0 unspecified atom stereocenters. The Morgan fingerprint density at radius 3 is 2.44 bits per heavy atom. The molecule has 1 amide bonds. The van der Waals surface area contributed by atoms with Gasteiger partial charge in [-0.1, -0.05) is 50.2 Å². The second-order valence-electron chi connectivity index (χ2n) is 9.73. The van der Waals surface area contributed by atoms with Crippen molar-refractivity contribution >= 4 is 23.2 Å². The number of fused-ring (bicyclic) bond motifs is 5. The van der Waals surface area contributed by atoms with Gasteiger partial charge in [0.2, 0.25) is 5.91 Å². The van der Waals surface area contributed by atoms with Gasteiger partial charge in [-0.25, -0.2) is 4.68 Å². The first-order valence-corrected chi connectivity index (χ1v) is 10.9. The molecule has 160 valence electrons. The number of nitrogens with one attached hydrogen (secondary N) is 2. The zero-order valence-corrected chi connectivity index (χ0v) is 18.3. The summed E-state index contributed by atoms with van der Waals surface area (Å²) in [6, 6.07) is 17.6. The number of Topliss-reactive ketones (excluding diaryl/α,β-unsaturated/α-hetero) is 1. The van der Waals surface area contributed by atoms with Gasteiger partial charge in [0.25, 0.3) is 0 Å². The smallest absolute Gasteiger partial charge is 0.244 e. The van der Waals surface area contributed by atoms with E-state index in [4.69, 9.17) is 5.10 Å². The molecule has 0 saturated heterocycles. The number of amides is 1. The monoisotopic (exact) mass is 424 g/mol. The van der Waals surface area contributed by atoms with Crippen LogP contribution in [0.25, 0.3) is 5.69 Å². The highest BCUT2D eigenvalue weighted by Crippen LogP contribution is 2.57. The van der Waals surface area contributed by atoms with Crippen LogP contribution in [0.2, 0.25) is 0 Å². The van der Waals surface area contributed by atoms with Gasteiger partial charge in [-0.3, -0.25) is 9.59 Å². The van der Waals surface area contributed by atoms with Crippen molar-refractivity contribution in [3.63, 3.8) is 0 Å². The first-order chi connectivity index (χ1) is 15.3. The Morgan fingerprint density at radius 2 is 1.66 bits per heavy atom. The van der Waals surface area contributed by atoms with E-state index < -0.39 is 5.41 Å². The zero-order chi connectivity index (χ0) is 22.3. The van der Waals surface area contributed by atoms with Gasteiger partial charge < -0.3 is 10.6 Å². The van der Waals surface area contributed by atoms with E-state index in [0.717, 1.165) is 39.7 Å². The van der Waals surface area contributed by atoms with Crippen LogP contribution in [0.15, 0.2) is 65.9 Å². The topological polar surface area (TPSA) is 76.0 Å². The van der Waals surface area contributed by atoms with E-state index >= 15 is 0 Å². The van der Waals surface area contributed by atoms with Gasteiger partial charge in [0, 0.05) is 34.5 Å². The van der Waals surface area contributed by atoms with Crippen molar-refractivity contribution in [3.8, 4) is 5.69 Å². The normalized spacial score (nSPS) is 22.8. The van der Waals surface area contributed by atoms with Gasteiger partial charge >= 0.3 is 0 Å². The Morgan fingerprint density at radius 1 is 0.938 bits per heavy atom. The molecule has 6 rings (SSSR count). The minimum absolute atomic E-state index is 0.0214. The lowest BCUT2D eigenvalue weighted by Crippen LogP contribution is -2.48. The molecule has 2 aromatic carbocycles. The van der Waals surface area contributed by atoms with Gasteiger partial charge in [-0.05, 0) is 37.0 Å². The summed E-state index contributed by atoms with van der Waals surface area (Å²) in [7, 11) is 0. The standard InChI is InChI=1S/C26H24N4O2/c1-15-21-23(30(29-15)16-9-5-4-6-10-16)27-19-13-25(2,3)14-20(31)22(19)26(21)17-11-7-8-12-18(17)28-24(26)32/h4-12,27H,13-14H2,1-3H3,(H,28,32)/t26-/m0/s1. The average molecular weight is 425 g/mol. The van der Waals surface area contributed by atoms with Crippen molar-refractivity contribution in [2.24, 2.45) is 5.41 Å². The summed E-state index contributed by atoms with van der Waals surface area (Å²) in [6.45, 7) is 6.11. The molecule has 1 aromatic heterocycles. The molecule has 32 heavy (non-hydrogen) atoms. The molecule has 6 heteroatoms. The second-order valence-corrected chi connectivity index (χ2v) is 9.73. The molecule has 6 nitrogen and oxygen atoms in total. The third kappa shape index (κ3) is 2.32. The van der Waals surface area contributed by atoms with Gasteiger partial charge in [0.15, 0.2) is 5.78 Å². The number of carbonyl (C=O) groups excluding carboxylic acids is 2. The molecule has 0 fully saturated rings. The fraction of sp³-hybridized carbons (Fsp3) is 0.269. The Kier molecular flexibility index (Phi) is 3.68. The molecule has 2 N–H and O–H groups in total. The lowest BCUT2D eigenvalue weighted by molar-refractivity contribution is -0.123. The molecule has 3 aliphatic rings. The average Bonchev–Trinajstić information content (AvgIpc) is 3.22. The minimum atomic E-state index is -1.20. The van der Waals surface area contributed by atoms with E-state index in [9.17, 15) is 9.59 Å². The maximum absolute atomic E-state index is 13.9. The van der Waals surface area contributed by atoms with Crippen LogP contribution < -0.4 is 10.6 Å². The maximum atomic E-state index is 13.9. The molecule has 2 aliphatic heterocycles. The molecule has 1 spiro atoms. The van der Waals surface area contributed by atoms with Crippen LogP contribution in [0.1, 0.15) is 43.5 Å². The minimum Gasteiger partial charge on any atom is -0.343 e. The van der Waals surface area contributed by atoms with Crippen LogP contribution in [0.4, 0.5) is 11.5 Å². The van der Waals surface area contributed by atoms with Crippen molar-refractivity contribution in [1.29, 1.82) is 0 Å². The van der Waals surface area contributed by atoms with E-state index in [1.807, 2.05) is 66.2 Å². The molecular formula is C26H24N4O2. The highest BCUT2D eigenvalue weighted by atomic mass is 16.2. The summed E-state index contributed by atoms with van der Waals surface area (Å²) >= 11 is 0. The Hall–Kier alpha value is -3.67. The number of aryl methyl sites for hydroxylation is 1. The number of carbonyl (C=O) groups is 2. The lowest BCUT2D eigenvalue weighted by atomic mass is 9.61.